The van der Waals surface area contributed by atoms with Crippen molar-refractivity contribution >= 4 is 11.5 Å². The molecule has 5 aromatic carbocycles. The maximum Gasteiger partial charge on any atom is 0.338 e. The van der Waals surface area contributed by atoms with Crippen LogP contribution in [-0.4, -0.2) is 13.1 Å². The fourth-order valence-corrected chi connectivity index (χ4v) is 7.18. The van der Waals surface area contributed by atoms with Gasteiger partial charge in [-0.3, -0.25) is 0 Å². The molecule has 7 rings (SSSR count). The average Bonchev–Trinajstić information content (AvgIpc) is 3.51. The molecule has 0 heterocycles. The van der Waals surface area contributed by atoms with E-state index in [1.54, 1.807) is 0 Å². The van der Waals surface area contributed by atoms with E-state index >= 15 is 0 Å². The molecule has 0 aromatic heterocycles. The Hall–Kier alpha value is -5.21. The summed E-state index contributed by atoms with van der Waals surface area (Å²) in [6, 6.07) is 40.2. The number of ether oxygens (including phenoxy) is 1. The van der Waals surface area contributed by atoms with Gasteiger partial charge in [0.2, 0.25) is 0 Å². The number of hydrogen-bond acceptors (Lipinski definition) is 2. The van der Waals surface area contributed by atoms with Crippen molar-refractivity contribution in [3.63, 3.8) is 0 Å². The second-order valence-electron chi connectivity index (χ2n) is 10.7. The molecule has 0 N–H and O–H groups in total. The second kappa shape index (κ2) is 10.0. The van der Waals surface area contributed by atoms with Gasteiger partial charge in [0.15, 0.2) is 0 Å². The Morgan fingerprint density at radius 3 is 2.05 bits per heavy atom. The van der Waals surface area contributed by atoms with Crippen LogP contribution in [0, 0.1) is 0 Å². The van der Waals surface area contributed by atoms with Gasteiger partial charge in [-0.2, -0.15) is 0 Å². The second-order valence-corrected chi connectivity index (χ2v) is 10.7. The first-order valence-corrected chi connectivity index (χ1v) is 14.3. The minimum atomic E-state index is -0.496. The summed E-state index contributed by atoms with van der Waals surface area (Å²) in [6.07, 6.45) is 6.28. The Morgan fingerprint density at radius 2 is 1.33 bits per heavy atom. The van der Waals surface area contributed by atoms with Crippen LogP contribution in [0.1, 0.15) is 39.5 Å². The Balaban J connectivity index is 1.57. The number of esters is 1. The quantitative estimate of drug-likeness (QED) is 0.211. The van der Waals surface area contributed by atoms with Crippen molar-refractivity contribution in [2.75, 3.05) is 7.11 Å². The van der Waals surface area contributed by atoms with Crippen LogP contribution in [0.3, 0.4) is 0 Å². The van der Waals surface area contributed by atoms with Crippen molar-refractivity contribution in [1.29, 1.82) is 0 Å². The molecule has 2 aliphatic carbocycles. The number of carbonyl (C=O) groups excluding carboxylic acids is 1. The third-order valence-electron chi connectivity index (χ3n) is 8.78. The van der Waals surface area contributed by atoms with Crippen molar-refractivity contribution < 1.29 is 9.53 Å². The molecule has 0 aliphatic heterocycles. The molecule has 1 unspecified atom stereocenters. The van der Waals surface area contributed by atoms with Gasteiger partial charge in [-0.1, -0.05) is 134 Å². The molecule has 2 aliphatic rings. The van der Waals surface area contributed by atoms with Crippen LogP contribution in [-0.2, 0) is 10.2 Å². The molecule has 42 heavy (non-hydrogen) atoms. The largest absolute Gasteiger partial charge is 0.465 e. The first kappa shape index (κ1) is 25.7. The predicted molar refractivity (Wildman–Crippen MR) is 172 cm³/mol. The highest BCUT2D eigenvalue weighted by atomic mass is 16.5. The number of benzene rings is 5. The Labute approximate surface area is 247 Å². The summed E-state index contributed by atoms with van der Waals surface area (Å²) in [4.78, 5) is 13.3. The zero-order valence-corrected chi connectivity index (χ0v) is 23.7. The van der Waals surface area contributed by atoms with E-state index < -0.39 is 5.41 Å². The van der Waals surface area contributed by atoms with Gasteiger partial charge in [-0.15, -0.1) is 0 Å². The molecule has 0 amide bonds. The first-order chi connectivity index (χ1) is 20.6. The number of hydrogen-bond donors (Lipinski definition) is 0. The van der Waals surface area contributed by atoms with Crippen LogP contribution in [0.25, 0.3) is 39.0 Å². The van der Waals surface area contributed by atoms with Crippen molar-refractivity contribution in [3.8, 4) is 33.4 Å². The average molecular weight is 543 g/mol. The summed E-state index contributed by atoms with van der Waals surface area (Å²) in [5.41, 5.74) is 13.7. The molecule has 2 nitrogen and oxygen atoms in total. The molecule has 0 fully saturated rings. The molecule has 0 bridgehead atoms. The van der Waals surface area contributed by atoms with E-state index in [2.05, 4.69) is 117 Å². The zero-order chi connectivity index (χ0) is 28.8. The van der Waals surface area contributed by atoms with Gasteiger partial charge < -0.3 is 4.74 Å². The number of allylic oxidation sites excluding steroid dienone is 5. The van der Waals surface area contributed by atoms with Crippen LogP contribution in [0.15, 0.2) is 146 Å². The van der Waals surface area contributed by atoms with E-state index in [1.165, 1.54) is 46.1 Å². The van der Waals surface area contributed by atoms with E-state index in [4.69, 9.17) is 4.74 Å². The Morgan fingerprint density at radius 1 is 0.690 bits per heavy atom. The molecule has 5 aromatic rings. The van der Waals surface area contributed by atoms with Crippen LogP contribution in [0.2, 0.25) is 0 Å². The lowest BCUT2D eigenvalue weighted by molar-refractivity contribution is 0.0601. The predicted octanol–water partition coefficient (Wildman–Crippen LogP) is 9.65. The van der Waals surface area contributed by atoms with E-state index in [1.807, 2.05) is 30.3 Å². The Kier molecular flexibility index (Phi) is 6.13. The van der Waals surface area contributed by atoms with E-state index in [-0.39, 0.29) is 5.97 Å². The molecule has 0 radical (unpaired) electrons. The van der Waals surface area contributed by atoms with E-state index in [9.17, 15) is 4.79 Å². The highest BCUT2D eigenvalue weighted by Crippen LogP contribution is 2.64. The lowest BCUT2D eigenvalue weighted by atomic mass is 9.70. The lowest BCUT2D eigenvalue weighted by Gasteiger charge is -2.31. The van der Waals surface area contributed by atoms with Gasteiger partial charge >= 0.3 is 5.97 Å². The maximum absolute atomic E-state index is 13.3. The standard InChI is InChI=1S/C40H30O2/c1-4-14-34-28(5-2)30-17-9-11-20-35(30)40(34)36-21-12-10-18-32(36)38-31(19-13-22-37(38)40)29-24-23-27(25-33(29)39(41)42-3)26-15-7-6-8-16-26/h4-25H,1H2,2-3H3/b28-5-,34-14+. The van der Waals surface area contributed by atoms with Gasteiger partial charge in [0.1, 0.15) is 0 Å². The topological polar surface area (TPSA) is 26.3 Å². The zero-order valence-electron chi connectivity index (χ0n) is 23.7. The molecule has 1 atom stereocenters. The monoisotopic (exact) mass is 542 g/mol. The molecule has 2 heteroatoms. The van der Waals surface area contributed by atoms with Gasteiger partial charge in [0.25, 0.3) is 0 Å². The Bertz CT molecular complexity index is 1960. The molecule has 202 valence electrons. The molecular formula is C40H30O2. The van der Waals surface area contributed by atoms with Crippen LogP contribution in [0.4, 0.5) is 0 Å². The van der Waals surface area contributed by atoms with E-state index in [0.29, 0.717) is 5.56 Å². The summed E-state index contributed by atoms with van der Waals surface area (Å²) in [6.45, 7) is 6.21. The molecule has 1 spiro atoms. The summed E-state index contributed by atoms with van der Waals surface area (Å²) in [7, 11) is 1.45. The maximum atomic E-state index is 13.3. The third kappa shape index (κ3) is 3.48. The minimum absolute atomic E-state index is 0.351. The highest BCUT2D eigenvalue weighted by molar-refractivity contribution is 6.06. The number of rotatable bonds is 4. The third-order valence-corrected chi connectivity index (χ3v) is 8.78. The summed E-state index contributed by atoms with van der Waals surface area (Å²) < 4.78 is 5.33. The first-order valence-electron chi connectivity index (χ1n) is 14.3. The van der Waals surface area contributed by atoms with Crippen molar-refractivity contribution in [1.82, 2.24) is 0 Å². The van der Waals surface area contributed by atoms with Crippen LogP contribution < -0.4 is 0 Å². The number of carbonyl (C=O) groups is 1. The highest BCUT2D eigenvalue weighted by Gasteiger charge is 2.53. The van der Waals surface area contributed by atoms with Crippen molar-refractivity contribution in [3.05, 3.63) is 173 Å². The fraction of sp³-hybridized carbons (Fsp3) is 0.0750. The SMILES string of the molecule is C=C/C=C1\C(=C/C)c2ccccc2C12c1ccccc1-c1c(-c3ccc(-c4ccccc4)cc3C(=O)OC)cccc12. The molecule has 0 saturated carbocycles. The van der Waals surface area contributed by atoms with Gasteiger partial charge in [0, 0.05) is 0 Å². The van der Waals surface area contributed by atoms with Crippen molar-refractivity contribution in [2.45, 2.75) is 12.3 Å². The van der Waals surface area contributed by atoms with Crippen LogP contribution >= 0.6 is 0 Å². The van der Waals surface area contributed by atoms with Gasteiger partial charge in [-0.05, 0) is 79.8 Å². The summed E-state index contributed by atoms with van der Waals surface area (Å²) >= 11 is 0. The number of fused-ring (bicyclic) bond motifs is 7. The minimum Gasteiger partial charge on any atom is -0.465 e. The van der Waals surface area contributed by atoms with E-state index in [0.717, 1.165) is 27.8 Å². The van der Waals surface area contributed by atoms with Crippen molar-refractivity contribution in [2.24, 2.45) is 0 Å². The van der Waals surface area contributed by atoms with Gasteiger partial charge in [-0.25, -0.2) is 4.79 Å². The normalized spacial score (nSPS) is 18.1. The van der Waals surface area contributed by atoms with Gasteiger partial charge in [0.05, 0.1) is 18.1 Å². The summed E-state index contributed by atoms with van der Waals surface area (Å²) in [5, 5.41) is 0. The number of methoxy groups -OCH3 is 1. The smallest absolute Gasteiger partial charge is 0.338 e. The fourth-order valence-electron chi connectivity index (χ4n) is 7.18. The lowest BCUT2D eigenvalue weighted by Crippen LogP contribution is -2.26. The molecule has 0 saturated heterocycles. The molecular weight excluding hydrogens is 512 g/mol. The summed E-state index contributed by atoms with van der Waals surface area (Å²) in [5.74, 6) is -0.351. The van der Waals surface area contributed by atoms with Crippen LogP contribution in [0.5, 0.6) is 0 Å².